The van der Waals surface area contributed by atoms with Crippen molar-refractivity contribution in [3.8, 4) is 0 Å². The normalized spacial score (nSPS) is 29.7. The molecule has 1 saturated carbocycles. The molecule has 1 aliphatic carbocycles. The summed E-state index contributed by atoms with van der Waals surface area (Å²) in [6, 6.07) is -0.228. The fourth-order valence-corrected chi connectivity index (χ4v) is 5.02. The lowest BCUT2D eigenvalue weighted by Gasteiger charge is -2.34. The van der Waals surface area contributed by atoms with Crippen LogP contribution in [0, 0.1) is 5.92 Å². The highest BCUT2D eigenvalue weighted by Crippen LogP contribution is 2.28. The molecule has 6 nitrogen and oxygen atoms in total. The molecule has 0 radical (unpaired) electrons. The molecule has 0 bridgehead atoms. The van der Waals surface area contributed by atoms with Crippen molar-refractivity contribution >= 4 is 16.1 Å². The largest absolute Gasteiger partial charge is 0.352 e. The van der Waals surface area contributed by atoms with Crippen molar-refractivity contribution in [3.05, 3.63) is 0 Å². The quantitative estimate of drug-likeness (QED) is 0.830. The Balaban J connectivity index is 1.69. The Hall–Kier alpha value is -0.660. The van der Waals surface area contributed by atoms with E-state index in [4.69, 9.17) is 0 Å². The number of amides is 1. The van der Waals surface area contributed by atoms with Crippen LogP contribution in [0.3, 0.4) is 0 Å². The average molecular weight is 315 g/mol. The lowest BCUT2D eigenvalue weighted by molar-refractivity contribution is -0.124. The van der Waals surface area contributed by atoms with Crippen LogP contribution in [0.4, 0.5) is 0 Å². The summed E-state index contributed by atoms with van der Waals surface area (Å²) in [4.78, 5) is 12.3. The smallest absolute Gasteiger partial charge is 0.282 e. The molecule has 2 aliphatic heterocycles. The highest BCUT2D eigenvalue weighted by molar-refractivity contribution is 7.86. The van der Waals surface area contributed by atoms with Gasteiger partial charge in [0.05, 0.1) is 0 Å². The van der Waals surface area contributed by atoms with Gasteiger partial charge in [-0.15, -0.1) is 0 Å². The van der Waals surface area contributed by atoms with Gasteiger partial charge in [0.2, 0.25) is 5.91 Å². The van der Waals surface area contributed by atoms with Gasteiger partial charge >= 0.3 is 0 Å². The summed E-state index contributed by atoms with van der Waals surface area (Å²) in [7, 11) is -3.49. The van der Waals surface area contributed by atoms with Crippen LogP contribution in [0.15, 0.2) is 0 Å². The van der Waals surface area contributed by atoms with Crippen LogP contribution in [-0.4, -0.2) is 54.7 Å². The number of hydrogen-bond acceptors (Lipinski definition) is 3. The molecule has 0 aromatic heterocycles. The molecular formula is C14H25N3O3S. The van der Waals surface area contributed by atoms with Crippen molar-refractivity contribution in [2.24, 2.45) is 5.92 Å². The summed E-state index contributed by atoms with van der Waals surface area (Å²) < 4.78 is 28.6. The molecule has 21 heavy (non-hydrogen) atoms. The van der Waals surface area contributed by atoms with E-state index in [0.717, 1.165) is 32.1 Å². The third-order valence-electron chi connectivity index (χ3n) is 4.80. The first kappa shape index (κ1) is 15.2. The number of carbonyl (C=O) groups is 1. The summed E-state index contributed by atoms with van der Waals surface area (Å²) in [5, 5.41) is 2.94. The number of carbonyl (C=O) groups excluding carboxylic acids is 1. The van der Waals surface area contributed by atoms with Crippen LogP contribution in [0.25, 0.3) is 0 Å². The molecule has 1 N–H and O–H groups in total. The number of nitrogens with zero attached hydrogens (tertiary/aromatic N) is 2. The maximum atomic E-state index is 12.8. The lowest BCUT2D eigenvalue weighted by Crippen LogP contribution is -2.52. The second kappa shape index (κ2) is 5.85. The second-order valence-corrected chi connectivity index (χ2v) is 8.52. The van der Waals surface area contributed by atoms with Gasteiger partial charge in [-0.3, -0.25) is 4.79 Å². The van der Waals surface area contributed by atoms with Gasteiger partial charge in [0.1, 0.15) is 6.04 Å². The number of hydrogen-bond donors (Lipinski definition) is 1. The molecule has 3 fully saturated rings. The molecule has 0 aromatic carbocycles. The zero-order chi connectivity index (χ0) is 15.0. The summed E-state index contributed by atoms with van der Waals surface area (Å²) in [6.45, 7) is 3.79. The third-order valence-corrected chi connectivity index (χ3v) is 6.84. The number of rotatable bonds is 4. The maximum Gasteiger partial charge on any atom is 0.282 e. The Morgan fingerprint density at radius 2 is 1.71 bits per heavy atom. The fraction of sp³-hybridized carbons (Fsp3) is 0.929. The summed E-state index contributed by atoms with van der Waals surface area (Å²) >= 11 is 0. The van der Waals surface area contributed by atoms with Crippen molar-refractivity contribution < 1.29 is 13.2 Å². The SMILES string of the molecule is CC1CCN(S(=O)(=O)N2CCCC2C(=O)NC2CC2)CC1. The van der Waals surface area contributed by atoms with Gasteiger partial charge in [-0.05, 0) is 44.4 Å². The second-order valence-electron chi connectivity index (χ2n) is 6.64. The molecule has 3 aliphatic rings. The summed E-state index contributed by atoms with van der Waals surface area (Å²) in [5.74, 6) is 0.480. The first-order valence-electron chi connectivity index (χ1n) is 8.06. The molecule has 3 rings (SSSR count). The van der Waals surface area contributed by atoms with Crippen LogP contribution in [0.1, 0.15) is 45.4 Å². The highest BCUT2D eigenvalue weighted by Gasteiger charge is 2.43. The zero-order valence-electron chi connectivity index (χ0n) is 12.6. The van der Waals surface area contributed by atoms with Gasteiger partial charge in [-0.25, -0.2) is 0 Å². The van der Waals surface area contributed by atoms with E-state index in [9.17, 15) is 13.2 Å². The molecule has 2 heterocycles. The summed E-state index contributed by atoms with van der Waals surface area (Å²) in [6.07, 6.45) is 5.27. The first-order chi connectivity index (χ1) is 9.98. The topological polar surface area (TPSA) is 69.7 Å². The van der Waals surface area contributed by atoms with E-state index in [-0.39, 0.29) is 11.9 Å². The predicted molar refractivity (Wildman–Crippen MR) is 79.8 cm³/mol. The Kier molecular flexibility index (Phi) is 4.25. The van der Waals surface area contributed by atoms with E-state index in [1.165, 1.54) is 4.31 Å². The Labute approximate surface area is 127 Å². The lowest BCUT2D eigenvalue weighted by atomic mass is 10.0. The van der Waals surface area contributed by atoms with Gasteiger partial charge in [-0.2, -0.15) is 17.0 Å². The van der Waals surface area contributed by atoms with Crippen LogP contribution in [0.2, 0.25) is 0 Å². The fourth-order valence-electron chi connectivity index (χ4n) is 3.17. The van der Waals surface area contributed by atoms with Gasteiger partial charge in [0.25, 0.3) is 10.2 Å². The van der Waals surface area contributed by atoms with E-state index in [0.29, 0.717) is 32.0 Å². The van der Waals surface area contributed by atoms with E-state index < -0.39 is 16.3 Å². The van der Waals surface area contributed by atoms with Crippen molar-refractivity contribution in [2.45, 2.75) is 57.5 Å². The van der Waals surface area contributed by atoms with E-state index in [2.05, 4.69) is 12.2 Å². The average Bonchev–Trinajstić information content (AvgIpc) is 3.11. The Morgan fingerprint density at radius 1 is 1.05 bits per heavy atom. The molecule has 7 heteroatoms. The van der Waals surface area contributed by atoms with E-state index in [1.807, 2.05) is 0 Å². The van der Waals surface area contributed by atoms with Crippen molar-refractivity contribution in [1.82, 2.24) is 13.9 Å². The van der Waals surface area contributed by atoms with E-state index >= 15 is 0 Å². The first-order valence-corrected chi connectivity index (χ1v) is 9.45. The van der Waals surface area contributed by atoms with Crippen LogP contribution < -0.4 is 5.32 Å². The molecule has 1 amide bonds. The minimum Gasteiger partial charge on any atom is -0.352 e. The van der Waals surface area contributed by atoms with Gasteiger partial charge in [0, 0.05) is 25.7 Å². The number of piperidine rings is 1. The predicted octanol–water partition coefficient (Wildman–Crippen LogP) is 0.706. The van der Waals surface area contributed by atoms with Gasteiger partial charge < -0.3 is 5.32 Å². The summed E-state index contributed by atoms with van der Waals surface area (Å²) in [5.41, 5.74) is 0. The molecule has 1 atom stereocenters. The van der Waals surface area contributed by atoms with Crippen molar-refractivity contribution in [3.63, 3.8) is 0 Å². The van der Waals surface area contributed by atoms with Gasteiger partial charge in [0.15, 0.2) is 0 Å². The Bertz CT molecular complexity index is 496. The van der Waals surface area contributed by atoms with E-state index in [1.54, 1.807) is 4.31 Å². The van der Waals surface area contributed by atoms with Crippen LogP contribution >= 0.6 is 0 Å². The molecule has 120 valence electrons. The minimum absolute atomic E-state index is 0.107. The monoisotopic (exact) mass is 315 g/mol. The highest BCUT2D eigenvalue weighted by atomic mass is 32.2. The molecule has 0 aromatic rings. The maximum absolute atomic E-state index is 12.8. The zero-order valence-corrected chi connectivity index (χ0v) is 13.4. The minimum atomic E-state index is -3.49. The molecular weight excluding hydrogens is 290 g/mol. The Morgan fingerprint density at radius 3 is 2.33 bits per heavy atom. The van der Waals surface area contributed by atoms with Crippen LogP contribution in [-0.2, 0) is 15.0 Å². The molecule has 1 unspecified atom stereocenters. The van der Waals surface area contributed by atoms with Crippen molar-refractivity contribution in [2.75, 3.05) is 19.6 Å². The van der Waals surface area contributed by atoms with Gasteiger partial charge in [-0.1, -0.05) is 6.92 Å². The standard InChI is InChI=1S/C14H25N3O3S/c1-11-6-9-16(10-7-11)21(19,20)17-8-2-3-13(17)14(18)15-12-4-5-12/h11-13H,2-10H2,1H3,(H,15,18). The number of nitrogens with one attached hydrogen (secondary N) is 1. The third kappa shape index (κ3) is 3.24. The van der Waals surface area contributed by atoms with Crippen molar-refractivity contribution in [1.29, 1.82) is 0 Å². The molecule has 2 saturated heterocycles. The molecule has 0 spiro atoms. The van der Waals surface area contributed by atoms with Crippen LogP contribution in [0.5, 0.6) is 0 Å².